The Morgan fingerprint density at radius 3 is 2.59 bits per heavy atom. The summed E-state index contributed by atoms with van der Waals surface area (Å²) >= 11 is 0. The minimum absolute atomic E-state index is 0.148. The third-order valence-electron chi connectivity index (χ3n) is 2.62. The van der Waals surface area contributed by atoms with Gasteiger partial charge in [-0.25, -0.2) is 17.5 Å². The molecule has 1 aromatic rings. The van der Waals surface area contributed by atoms with Gasteiger partial charge < -0.3 is 5.11 Å². The summed E-state index contributed by atoms with van der Waals surface area (Å²) in [6.07, 6.45) is 0.429. The lowest BCUT2D eigenvalue weighted by atomic mass is 10.0. The molecule has 1 rings (SSSR count). The lowest BCUT2D eigenvalue weighted by molar-refractivity contribution is 0.191. The van der Waals surface area contributed by atoms with E-state index in [1.807, 2.05) is 0 Å². The summed E-state index contributed by atoms with van der Waals surface area (Å²) in [4.78, 5) is -0.148. The number of aliphatic hydroxyl groups is 1. The molecule has 0 amide bonds. The van der Waals surface area contributed by atoms with Crippen LogP contribution < -0.4 is 4.72 Å². The number of nitrogens with one attached hydrogen (secondary N) is 1. The van der Waals surface area contributed by atoms with Crippen LogP contribution in [0, 0.1) is 5.82 Å². The maximum absolute atomic E-state index is 13.0. The van der Waals surface area contributed by atoms with E-state index in [1.54, 1.807) is 13.8 Å². The molecule has 1 unspecified atom stereocenters. The largest absolute Gasteiger partial charge is 0.394 e. The molecule has 0 aromatic heterocycles. The van der Waals surface area contributed by atoms with E-state index >= 15 is 0 Å². The molecule has 0 radical (unpaired) electrons. The summed E-state index contributed by atoms with van der Waals surface area (Å²) in [5.41, 5.74) is -0.939. The smallest absolute Gasteiger partial charge is 0.241 e. The van der Waals surface area contributed by atoms with E-state index in [0.29, 0.717) is 6.42 Å². The lowest BCUT2D eigenvalue weighted by Gasteiger charge is -2.26. The van der Waals surface area contributed by atoms with Gasteiger partial charge in [-0.15, -0.1) is 0 Å². The predicted octanol–water partition coefficient (Wildman–Crippen LogP) is 1.26. The van der Waals surface area contributed by atoms with Crippen LogP contribution in [-0.4, -0.2) is 25.7 Å². The fraction of sp³-hybridized carbons (Fsp3) is 0.455. The normalized spacial score (nSPS) is 15.5. The first-order valence-electron chi connectivity index (χ1n) is 5.23. The molecule has 0 saturated carbocycles. The Hall–Kier alpha value is -0.980. The molecule has 1 atom stereocenters. The third kappa shape index (κ3) is 3.49. The summed E-state index contributed by atoms with van der Waals surface area (Å²) in [6.45, 7) is 3.02. The lowest BCUT2D eigenvalue weighted by Crippen LogP contribution is -2.48. The van der Waals surface area contributed by atoms with Gasteiger partial charge in [-0.05, 0) is 31.5 Å². The van der Waals surface area contributed by atoms with Gasteiger partial charge in [-0.2, -0.15) is 0 Å². The summed E-state index contributed by atoms with van der Waals surface area (Å²) in [6, 6.07) is 4.74. The highest BCUT2D eigenvalue weighted by atomic mass is 32.2. The Balaban J connectivity index is 3.05. The Kier molecular flexibility index (Phi) is 4.24. The average Bonchev–Trinajstić information content (AvgIpc) is 2.28. The zero-order valence-corrected chi connectivity index (χ0v) is 10.6. The van der Waals surface area contributed by atoms with Crippen molar-refractivity contribution in [2.75, 3.05) is 6.61 Å². The fourth-order valence-electron chi connectivity index (χ4n) is 1.23. The minimum Gasteiger partial charge on any atom is -0.394 e. The van der Waals surface area contributed by atoms with E-state index in [4.69, 9.17) is 5.11 Å². The number of sulfonamides is 1. The van der Waals surface area contributed by atoms with Gasteiger partial charge in [0, 0.05) is 0 Å². The van der Waals surface area contributed by atoms with Crippen LogP contribution in [0.15, 0.2) is 29.2 Å². The Morgan fingerprint density at radius 1 is 1.47 bits per heavy atom. The number of hydrogen-bond acceptors (Lipinski definition) is 3. The number of halogens is 1. The molecule has 17 heavy (non-hydrogen) atoms. The van der Waals surface area contributed by atoms with Gasteiger partial charge >= 0.3 is 0 Å². The highest BCUT2D eigenvalue weighted by molar-refractivity contribution is 7.89. The summed E-state index contributed by atoms with van der Waals surface area (Å²) in [5.74, 6) is -0.616. The van der Waals surface area contributed by atoms with Gasteiger partial charge in [0.25, 0.3) is 0 Å². The molecule has 1 aromatic carbocycles. The van der Waals surface area contributed by atoms with Gasteiger partial charge in [0.05, 0.1) is 17.0 Å². The molecule has 6 heteroatoms. The van der Waals surface area contributed by atoms with Crippen molar-refractivity contribution in [1.29, 1.82) is 0 Å². The SMILES string of the molecule is CCC(C)(CO)NS(=O)(=O)c1cccc(F)c1. The van der Waals surface area contributed by atoms with Crippen LogP contribution in [0.25, 0.3) is 0 Å². The molecule has 0 aliphatic rings. The van der Waals surface area contributed by atoms with Gasteiger partial charge in [0.1, 0.15) is 5.82 Å². The quantitative estimate of drug-likeness (QED) is 0.838. The second-order valence-electron chi connectivity index (χ2n) is 4.14. The second kappa shape index (κ2) is 5.12. The fourth-order valence-corrected chi connectivity index (χ4v) is 2.73. The topological polar surface area (TPSA) is 66.4 Å². The second-order valence-corrected chi connectivity index (χ2v) is 5.82. The Morgan fingerprint density at radius 2 is 2.12 bits per heavy atom. The van der Waals surface area contributed by atoms with E-state index < -0.39 is 21.4 Å². The van der Waals surface area contributed by atoms with Gasteiger partial charge in [0.15, 0.2) is 0 Å². The molecule has 0 heterocycles. The molecular formula is C11H16FNO3S. The third-order valence-corrected chi connectivity index (χ3v) is 4.25. The standard InChI is InChI=1S/C11H16FNO3S/c1-3-11(2,8-14)13-17(15,16)10-6-4-5-9(12)7-10/h4-7,13-14H,3,8H2,1-2H3. The number of rotatable bonds is 5. The van der Waals surface area contributed by atoms with Crippen LogP contribution in [0.1, 0.15) is 20.3 Å². The molecule has 96 valence electrons. The van der Waals surface area contributed by atoms with Crippen molar-refractivity contribution >= 4 is 10.0 Å². The molecule has 0 aliphatic heterocycles. The van der Waals surface area contributed by atoms with Crippen LogP contribution in [0.2, 0.25) is 0 Å². The first-order chi connectivity index (χ1) is 7.83. The maximum atomic E-state index is 13.0. The van der Waals surface area contributed by atoms with Crippen molar-refractivity contribution in [1.82, 2.24) is 4.72 Å². The maximum Gasteiger partial charge on any atom is 0.241 e. The Bertz CT molecular complexity index is 483. The predicted molar refractivity (Wildman–Crippen MR) is 62.5 cm³/mol. The van der Waals surface area contributed by atoms with Crippen molar-refractivity contribution in [2.45, 2.75) is 30.7 Å². The molecule has 0 saturated heterocycles. The van der Waals surface area contributed by atoms with Crippen LogP contribution >= 0.6 is 0 Å². The van der Waals surface area contributed by atoms with E-state index in [1.165, 1.54) is 18.2 Å². The number of aliphatic hydroxyl groups excluding tert-OH is 1. The Labute approximate surface area is 101 Å². The monoisotopic (exact) mass is 261 g/mol. The molecule has 4 nitrogen and oxygen atoms in total. The average molecular weight is 261 g/mol. The van der Waals surface area contributed by atoms with E-state index in [9.17, 15) is 12.8 Å². The van der Waals surface area contributed by atoms with Crippen molar-refractivity contribution in [3.05, 3.63) is 30.1 Å². The van der Waals surface area contributed by atoms with Gasteiger partial charge in [-0.3, -0.25) is 0 Å². The molecule has 0 fully saturated rings. The van der Waals surface area contributed by atoms with Gasteiger partial charge in [0.2, 0.25) is 10.0 Å². The first-order valence-corrected chi connectivity index (χ1v) is 6.72. The van der Waals surface area contributed by atoms with Crippen molar-refractivity contribution < 1.29 is 17.9 Å². The van der Waals surface area contributed by atoms with Gasteiger partial charge in [-0.1, -0.05) is 13.0 Å². The van der Waals surface area contributed by atoms with Crippen LogP contribution in [0.3, 0.4) is 0 Å². The summed E-state index contributed by atoms with van der Waals surface area (Å²) in [7, 11) is -3.81. The van der Waals surface area contributed by atoms with Crippen molar-refractivity contribution in [3.8, 4) is 0 Å². The highest BCUT2D eigenvalue weighted by Gasteiger charge is 2.28. The number of benzene rings is 1. The van der Waals surface area contributed by atoms with E-state index in [-0.39, 0.29) is 11.5 Å². The summed E-state index contributed by atoms with van der Waals surface area (Å²) in [5, 5.41) is 9.15. The highest BCUT2D eigenvalue weighted by Crippen LogP contribution is 2.16. The summed E-state index contributed by atoms with van der Waals surface area (Å²) < 4.78 is 39.2. The first kappa shape index (κ1) is 14.1. The van der Waals surface area contributed by atoms with Crippen LogP contribution in [0.5, 0.6) is 0 Å². The zero-order valence-electron chi connectivity index (χ0n) is 9.77. The van der Waals surface area contributed by atoms with Crippen molar-refractivity contribution in [2.24, 2.45) is 0 Å². The van der Waals surface area contributed by atoms with Crippen molar-refractivity contribution in [3.63, 3.8) is 0 Å². The van der Waals surface area contributed by atoms with E-state index in [2.05, 4.69) is 4.72 Å². The molecule has 0 bridgehead atoms. The molecule has 0 spiro atoms. The van der Waals surface area contributed by atoms with Crippen LogP contribution in [-0.2, 0) is 10.0 Å². The number of hydrogen-bond donors (Lipinski definition) is 2. The molecule has 2 N–H and O–H groups in total. The molecular weight excluding hydrogens is 245 g/mol. The molecule has 0 aliphatic carbocycles. The minimum atomic E-state index is -3.81. The van der Waals surface area contributed by atoms with Crippen LogP contribution in [0.4, 0.5) is 4.39 Å². The van der Waals surface area contributed by atoms with E-state index in [0.717, 1.165) is 6.07 Å². The zero-order chi connectivity index (χ0) is 13.1.